The zero-order chi connectivity index (χ0) is 15.0. The lowest BCUT2D eigenvalue weighted by atomic mass is 10.0. The first-order valence-corrected chi connectivity index (χ1v) is 7.28. The molecule has 0 spiro atoms. The maximum atomic E-state index is 13.6. The van der Waals surface area contributed by atoms with Gasteiger partial charge in [-0.3, -0.25) is 4.79 Å². The number of amides is 1. The molecule has 0 aromatic carbocycles. The predicted molar refractivity (Wildman–Crippen MR) is 70.4 cm³/mol. The summed E-state index contributed by atoms with van der Waals surface area (Å²) >= 11 is 0. The Bertz CT molecular complexity index is 334. The van der Waals surface area contributed by atoms with E-state index in [0.29, 0.717) is 12.8 Å². The highest BCUT2D eigenvalue weighted by molar-refractivity contribution is 5.85. The summed E-state index contributed by atoms with van der Waals surface area (Å²) in [5, 5.41) is 2.30. The molecule has 0 radical (unpaired) electrons. The SMILES string of the molecule is CCCCCCCC(F)(F)CC(=O)NC1CCOC1=O. The lowest BCUT2D eigenvalue weighted by molar-refractivity contribution is -0.142. The van der Waals surface area contributed by atoms with Crippen LogP contribution >= 0.6 is 0 Å². The molecule has 4 nitrogen and oxygen atoms in total. The van der Waals surface area contributed by atoms with Gasteiger partial charge >= 0.3 is 5.97 Å². The van der Waals surface area contributed by atoms with Gasteiger partial charge in [0.05, 0.1) is 13.0 Å². The van der Waals surface area contributed by atoms with Crippen LogP contribution in [0.3, 0.4) is 0 Å². The second-order valence-corrected chi connectivity index (χ2v) is 5.27. The van der Waals surface area contributed by atoms with Crippen LogP contribution in [0.2, 0.25) is 0 Å². The van der Waals surface area contributed by atoms with Gasteiger partial charge in [-0.05, 0) is 6.42 Å². The van der Waals surface area contributed by atoms with Gasteiger partial charge in [0.2, 0.25) is 5.91 Å². The minimum atomic E-state index is -3.00. The van der Waals surface area contributed by atoms with Crippen LogP contribution in [-0.2, 0) is 14.3 Å². The van der Waals surface area contributed by atoms with Crippen LogP contribution in [0.5, 0.6) is 0 Å². The number of esters is 1. The predicted octanol–water partition coefficient (Wildman–Crippen LogP) is 2.80. The van der Waals surface area contributed by atoms with Crippen molar-refractivity contribution in [3.63, 3.8) is 0 Å². The minimum Gasteiger partial charge on any atom is -0.464 e. The van der Waals surface area contributed by atoms with E-state index in [-0.39, 0.29) is 13.0 Å². The molecule has 1 fully saturated rings. The van der Waals surface area contributed by atoms with E-state index in [9.17, 15) is 18.4 Å². The number of alkyl halides is 2. The van der Waals surface area contributed by atoms with Crippen LogP contribution in [0.15, 0.2) is 0 Å². The van der Waals surface area contributed by atoms with E-state index in [1.807, 2.05) is 0 Å². The Morgan fingerprint density at radius 3 is 2.65 bits per heavy atom. The van der Waals surface area contributed by atoms with Gasteiger partial charge in [0, 0.05) is 12.8 Å². The normalized spacial score (nSPS) is 18.9. The second kappa shape index (κ2) is 8.17. The maximum Gasteiger partial charge on any atom is 0.328 e. The molecule has 1 unspecified atom stereocenters. The number of hydrogen-bond donors (Lipinski definition) is 1. The smallest absolute Gasteiger partial charge is 0.328 e. The molecule has 1 aliphatic heterocycles. The van der Waals surface area contributed by atoms with Crippen molar-refractivity contribution in [2.45, 2.75) is 70.3 Å². The third kappa shape index (κ3) is 6.30. The highest BCUT2D eigenvalue weighted by atomic mass is 19.3. The fourth-order valence-corrected chi connectivity index (χ4v) is 2.18. The summed E-state index contributed by atoms with van der Waals surface area (Å²) in [6.07, 6.45) is 3.47. The number of carbonyl (C=O) groups excluding carboxylic acids is 2. The highest BCUT2D eigenvalue weighted by Crippen LogP contribution is 2.26. The molecule has 0 bridgehead atoms. The number of hydrogen-bond acceptors (Lipinski definition) is 3. The fraction of sp³-hybridized carbons (Fsp3) is 0.857. The Morgan fingerprint density at radius 1 is 1.35 bits per heavy atom. The van der Waals surface area contributed by atoms with Crippen LogP contribution in [0.25, 0.3) is 0 Å². The highest BCUT2D eigenvalue weighted by Gasteiger charge is 2.34. The van der Waals surface area contributed by atoms with Gasteiger partial charge in [-0.2, -0.15) is 0 Å². The number of rotatable bonds is 9. The Morgan fingerprint density at radius 2 is 2.05 bits per heavy atom. The Kier molecular flexibility index (Phi) is 6.88. The molecule has 20 heavy (non-hydrogen) atoms. The summed E-state index contributed by atoms with van der Waals surface area (Å²) in [7, 11) is 0. The molecule has 0 aromatic rings. The van der Waals surface area contributed by atoms with Gasteiger partial charge in [0.1, 0.15) is 6.04 Å². The molecule has 1 heterocycles. The van der Waals surface area contributed by atoms with Crippen LogP contribution in [0.1, 0.15) is 58.3 Å². The first-order valence-electron chi connectivity index (χ1n) is 7.28. The number of halogens is 2. The number of cyclic esters (lactones) is 1. The molecule has 1 amide bonds. The van der Waals surface area contributed by atoms with Crippen LogP contribution in [-0.4, -0.2) is 30.4 Å². The molecule has 1 N–H and O–H groups in total. The lowest BCUT2D eigenvalue weighted by Gasteiger charge is -2.17. The number of carbonyl (C=O) groups is 2. The van der Waals surface area contributed by atoms with Crippen molar-refractivity contribution >= 4 is 11.9 Å². The zero-order valence-corrected chi connectivity index (χ0v) is 11.9. The van der Waals surface area contributed by atoms with Crippen LogP contribution in [0, 0.1) is 0 Å². The first kappa shape index (κ1) is 16.9. The Hall–Kier alpha value is -1.20. The Labute approximate surface area is 118 Å². The topological polar surface area (TPSA) is 55.4 Å². The van der Waals surface area contributed by atoms with Crippen molar-refractivity contribution < 1.29 is 23.1 Å². The molecule has 6 heteroatoms. The molecule has 0 aliphatic carbocycles. The van der Waals surface area contributed by atoms with E-state index in [4.69, 9.17) is 0 Å². The molecular formula is C14H23F2NO3. The zero-order valence-electron chi connectivity index (χ0n) is 11.9. The van der Waals surface area contributed by atoms with E-state index >= 15 is 0 Å². The largest absolute Gasteiger partial charge is 0.464 e. The monoisotopic (exact) mass is 291 g/mol. The maximum absolute atomic E-state index is 13.6. The van der Waals surface area contributed by atoms with Crippen molar-refractivity contribution in [1.82, 2.24) is 5.32 Å². The summed E-state index contributed by atoms with van der Waals surface area (Å²) in [6, 6.07) is -0.761. The van der Waals surface area contributed by atoms with Crippen molar-refractivity contribution in [2.75, 3.05) is 6.61 Å². The molecule has 1 atom stereocenters. The summed E-state index contributed by atoms with van der Waals surface area (Å²) in [6.45, 7) is 2.30. The number of ether oxygens (including phenoxy) is 1. The number of nitrogens with one attached hydrogen (secondary N) is 1. The van der Waals surface area contributed by atoms with E-state index in [1.54, 1.807) is 0 Å². The molecule has 0 saturated carbocycles. The standard InChI is InChI=1S/C14H23F2NO3/c1-2-3-4-5-6-8-14(15,16)10-12(18)17-11-7-9-20-13(11)19/h11H,2-10H2,1H3,(H,17,18). The van der Waals surface area contributed by atoms with Gasteiger partial charge in [0.25, 0.3) is 5.92 Å². The molecule has 1 saturated heterocycles. The van der Waals surface area contributed by atoms with Gasteiger partial charge in [-0.1, -0.05) is 32.6 Å². The van der Waals surface area contributed by atoms with E-state index in [1.165, 1.54) is 0 Å². The first-order chi connectivity index (χ1) is 9.44. The average Bonchev–Trinajstić information content (AvgIpc) is 2.74. The van der Waals surface area contributed by atoms with Gasteiger partial charge in [-0.15, -0.1) is 0 Å². The fourth-order valence-electron chi connectivity index (χ4n) is 2.18. The van der Waals surface area contributed by atoms with Crippen molar-refractivity contribution in [1.29, 1.82) is 0 Å². The summed E-state index contributed by atoms with van der Waals surface area (Å²) in [5.74, 6) is -4.33. The summed E-state index contributed by atoms with van der Waals surface area (Å²) in [5.41, 5.74) is 0. The van der Waals surface area contributed by atoms with E-state index in [0.717, 1.165) is 25.7 Å². The van der Waals surface area contributed by atoms with E-state index in [2.05, 4.69) is 17.0 Å². The summed E-state index contributed by atoms with van der Waals surface area (Å²) in [4.78, 5) is 22.6. The number of unbranched alkanes of at least 4 members (excludes halogenated alkanes) is 4. The van der Waals surface area contributed by atoms with E-state index < -0.39 is 30.3 Å². The Balaban J connectivity index is 2.22. The van der Waals surface area contributed by atoms with Gasteiger partial charge < -0.3 is 10.1 Å². The lowest BCUT2D eigenvalue weighted by Crippen LogP contribution is -2.40. The van der Waals surface area contributed by atoms with Crippen LogP contribution < -0.4 is 5.32 Å². The second-order valence-electron chi connectivity index (χ2n) is 5.27. The van der Waals surface area contributed by atoms with Gasteiger partial charge in [0.15, 0.2) is 0 Å². The summed E-state index contributed by atoms with van der Waals surface area (Å²) < 4.78 is 31.8. The third-order valence-electron chi connectivity index (χ3n) is 3.34. The van der Waals surface area contributed by atoms with Crippen molar-refractivity contribution in [2.24, 2.45) is 0 Å². The van der Waals surface area contributed by atoms with Crippen molar-refractivity contribution in [3.05, 3.63) is 0 Å². The molecule has 0 aromatic heterocycles. The third-order valence-corrected chi connectivity index (χ3v) is 3.34. The molecule has 1 rings (SSSR count). The molecule has 116 valence electrons. The molecular weight excluding hydrogens is 268 g/mol. The average molecular weight is 291 g/mol. The quantitative estimate of drug-likeness (QED) is 0.525. The van der Waals surface area contributed by atoms with Gasteiger partial charge in [-0.25, -0.2) is 13.6 Å². The van der Waals surface area contributed by atoms with Crippen LogP contribution in [0.4, 0.5) is 8.78 Å². The molecule has 1 aliphatic rings. The van der Waals surface area contributed by atoms with Crippen molar-refractivity contribution in [3.8, 4) is 0 Å². The minimum absolute atomic E-state index is 0.234.